The Balaban J connectivity index is 1.57. The van der Waals surface area contributed by atoms with E-state index < -0.39 is 23.8 Å². The number of likely N-dealkylation sites (N-methyl/N-ethyl adjacent to an activating group) is 1. The molecular weight excluding hydrogens is 479 g/mol. The lowest BCUT2D eigenvalue weighted by Gasteiger charge is -2.22. The predicted octanol–water partition coefficient (Wildman–Crippen LogP) is 5.15. The summed E-state index contributed by atoms with van der Waals surface area (Å²) in [6.45, 7) is 12.0. The van der Waals surface area contributed by atoms with E-state index in [1.807, 2.05) is 20.8 Å². The van der Waals surface area contributed by atoms with Gasteiger partial charge >= 0.3 is 12.1 Å². The molecule has 0 saturated carbocycles. The Morgan fingerprint density at radius 2 is 1.86 bits per heavy atom. The third-order valence-corrected chi connectivity index (χ3v) is 5.52. The lowest BCUT2D eigenvalue weighted by molar-refractivity contribution is 0.0529. The SMILES string of the molecule is Cc1c([C@@H](NC(=O)Nc2cnc(N(C)CCNC(=O)OC(C)(C)C)nc2)C(C)C)oc2ccc(F)cc12. The number of ether oxygens (including phenoxy) is 1. The molecule has 200 valence electrons. The predicted molar refractivity (Wildman–Crippen MR) is 140 cm³/mol. The number of carbonyl (C=O) groups is 2. The number of amides is 3. The number of aromatic nitrogens is 2. The standard InChI is InChI=1S/C26H35FN6O4/c1-15(2)21(22-16(3)19-12-17(27)8-9-20(19)36-22)32-24(34)31-18-13-29-23(30-14-18)33(7)11-10-28-25(35)37-26(4,5)6/h8-9,12-15,21H,10-11H2,1-7H3,(H,28,35)(H2,31,32,34)/t21-/m0/s1. The van der Waals surface area contributed by atoms with Crippen LogP contribution in [0.1, 0.15) is 52.0 Å². The molecule has 37 heavy (non-hydrogen) atoms. The van der Waals surface area contributed by atoms with Gasteiger partial charge in [0.05, 0.1) is 24.1 Å². The molecule has 0 unspecified atom stereocenters. The first-order chi connectivity index (χ1) is 17.3. The zero-order valence-corrected chi connectivity index (χ0v) is 22.3. The van der Waals surface area contributed by atoms with Crippen LogP contribution in [-0.4, -0.2) is 47.8 Å². The number of furan rings is 1. The van der Waals surface area contributed by atoms with Crippen LogP contribution >= 0.6 is 0 Å². The van der Waals surface area contributed by atoms with Crippen LogP contribution in [0.3, 0.4) is 0 Å². The topological polar surface area (TPSA) is 122 Å². The van der Waals surface area contributed by atoms with Crippen molar-refractivity contribution < 1.29 is 23.1 Å². The van der Waals surface area contributed by atoms with Crippen LogP contribution in [-0.2, 0) is 4.74 Å². The molecular formula is C26H35FN6O4. The van der Waals surface area contributed by atoms with Crippen molar-refractivity contribution in [3.63, 3.8) is 0 Å². The van der Waals surface area contributed by atoms with Crippen molar-refractivity contribution in [1.82, 2.24) is 20.6 Å². The highest BCUT2D eigenvalue weighted by molar-refractivity contribution is 5.89. The Hall–Kier alpha value is -3.89. The minimum absolute atomic E-state index is 0.0106. The fourth-order valence-corrected chi connectivity index (χ4v) is 3.67. The summed E-state index contributed by atoms with van der Waals surface area (Å²) in [5, 5.41) is 9.03. The lowest BCUT2D eigenvalue weighted by Crippen LogP contribution is -2.37. The molecule has 2 heterocycles. The van der Waals surface area contributed by atoms with E-state index in [-0.39, 0.29) is 11.7 Å². The molecule has 0 aliphatic heterocycles. The maximum atomic E-state index is 13.7. The number of nitrogens with one attached hydrogen (secondary N) is 3. The van der Waals surface area contributed by atoms with Crippen LogP contribution in [0.5, 0.6) is 0 Å². The molecule has 10 nitrogen and oxygen atoms in total. The molecule has 3 amide bonds. The van der Waals surface area contributed by atoms with E-state index in [2.05, 4.69) is 25.9 Å². The van der Waals surface area contributed by atoms with E-state index in [9.17, 15) is 14.0 Å². The second kappa shape index (κ2) is 11.4. The van der Waals surface area contributed by atoms with Crippen molar-refractivity contribution in [1.29, 1.82) is 0 Å². The van der Waals surface area contributed by atoms with Crippen LogP contribution in [0, 0.1) is 18.7 Å². The van der Waals surface area contributed by atoms with E-state index in [0.717, 1.165) is 5.56 Å². The van der Waals surface area contributed by atoms with Crippen molar-refractivity contribution in [2.75, 3.05) is 30.4 Å². The van der Waals surface area contributed by atoms with Gasteiger partial charge in [0.2, 0.25) is 5.95 Å². The van der Waals surface area contributed by atoms with Gasteiger partial charge in [0, 0.05) is 31.1 Å². The highest BCUT2D eigenvalue weighted by Gasteiger charge is 2.25. The Morgan fingerprint density at radius 3 is 2.49 bits per heavy atom. The first kappa shape index (κ1) is 27.7. The highest BCUT2D eigenvalue weighted by atomic mass is 19.1. The number of anilines is 2. The Morgan fingerprint density at radius 1 is 1.19 bits per heavy atom. The lowest BCUT2D eigenvalue weighted by atomic mass is 9.98. The fraction of sp³-hybridized carbons (Fsp3) is 0.462. The van der Waals surface area contributed by atoms with E-state index >= 15 is 0 Å². The normalized spacial score (nSPS) is 12.4. The van der Waals surface area contributed by atoms with Gasteiger partial charge in [-0.25, -0.2) is 23.9 Å². The summed E-state index contributed by atoms with van der Waals surface area (Å²) in [7, 11) is 1.79. The first-order valence-corrected chi connectivity index (χ1v) is 12.1. The van der Waals surface area contributed by atoms with Gasteiger partial charge in [-0.05, 0) is 51.8 Å². The van der Waals surface area contributed by atoms with Crippen molar-refractivity contribution in [2.45, 2.75) is 53.2 Å². The molecule has 3 aromatic rings. The first-order valence-electron chi connectivity index (χ1n) is 12.1. The Kier molecular flexibility index (Phi) is 8.57. The second-order valence-electron chi connectivity index (χ2n) is 10.2. The van der Waals surface area contributed by atoms with Crippen molar-refractivity contribution in [3.05, 3.63) is 47.7 Å². The molecule has 3 N–H and O–H groups in total. The molecule has 11 heteroatoms. The summed E-state index contributed by atoms with van der Waals surface area (Å²) in [6.07, 6.45) is 2.51. The van der Waals surface area contributed by atoms with Gasteiger partial charge in [-0.15, -0.1) is 0 Å². The smallest absolute Gasteiger partial charge is 0.407 e. The average Bonchev–Trinajstić information content (AvgIpc) is 3.12. The third-order valence-electron chi connectivity index (χ3n) is 5.52. The van der Waals surface area contributed by atoms with Gasteiger partial charge in [-0.2, -0.15) is 0 Å². The van der Waals surface area contributed by atoms with E-state index in [1.165, 1.54) is 24.5 Å². The Labute approximate surface area is 216 Å². The van der Waals surface area contributed by atoms with Crippen molar-refractivity contribution in [3.8, 4) is 0 Å². The summed E-state index contributed by atoms with van der Waals surface area (Å²) >= 11 is 0. The van der Waals surface area contributed by atoms with Gasteiger partial charge in [0.25, 0.3) is 0 Å². The molecule has 0 fully saturated rings. The van der Waals surface area contributed by atoms with E-state index in [4.69, 9.17) is 9.15 Å². The van der Waals surface area contributed by atoms with Crippen molar-refractivity contribution in [2.24, 2.45) is 5.92 Å². The molecule has 0 aliphatic carbocycles. The molecule has 1 aromatic carbocycles. The number of urea groups is 1. The molecule has 0 spiro atoms. The molecule has 1 atom stereocenters. The number of fused-ring (bicyclic) bond motifs is 1. The summed E-state index contributed by atoms with van der Waals surface area (Å²) in [5.74, 6) is 0.681. The monoisotopic (exact) mass is 514 g/mol. The highest BCUT2D eigenvalue weighted by Crippen LogP contribution is 2.33. The largest absolute Gasteiger partial charge is 0.459 e. The number of nitrogens with zero attached hydrogens (tertiary/aromatic N) is 3. The number of hydrogen-bond donors (Lipinski definition) is 3. The van der Waals surface area contributed by atoms with Gasteiger partial charge in [-0.1, -0.05) is 13.8 Å². The van der Waals surface area contributed by atoms with Crippen LogP contribution in [0.4, 0.5) is 25.6 Å². The van der Waals surface area contributed by atoms with Crippen molar-refractivity contribution >= 4 is 34.7 Å². The van der Waals surface area contributed by atoms with Gasteiger partial charge in [-0.3, -0.25) is 0 Å². The molecule has 0 radical (unpaired) electrons. The second-order valence-corrected chi connectivity index (χ2v) is 10.2. The maximum Gasteiger partial charge on any atom is 0.407 e. The van der Waals surface area contributed by atoms with Crippen LogP contribution in [0.2, 0.25) is 0 Å². The molecule has 0 aliphatic rings. The Bertz CT molecular complexity index is 1240. The molecule has 3 rings (SSSR count). The maximum absolute atomic E-state index is 13.7. The molecule has 0 saturated heterocycles. The summed E-state index contributed by atoms with van der Waals surface area (Å²) in [4.78, 5) is 34.9. The number of carbonyl (C=O) groups excluding carboxylic acids is 2. The fourth-order valence-electron chi connectivity index (χ4n) is 3.67. The number of aryl methyl sites for hydroxylation is 1. The quantitative estimate of drug-likeness (QED) is 0.380. The van der Waals surface area contributed by atoms with Gasteiger partial charge in [0.15, 0.2) is 0 Å². The van der Waals surface area contributed by atoms with Crippen LogP contribution < -0.4 is 20.9 Å². The van der Waals surface area contributed by atoms with Crippen LogP contribution in [0.15, 0.2) is 35.0 Å². The molecule has 0 bridgehead atoms. The zero-order chi connectivity index (χ0) is 27.3. The summed E-state index contributed by atoms with van der Waals surface area (Å²) in [5.41, 5.74) is 1.20. The molecule has 2 aromatic heterocycles. The van der Waals surface area contributed by atoms with Crippen LogP contribution in [0.25, 0.3) is 11.0 Å². The number of halogens is 1. The number of hydrogen-bond acceptors (Lipinski definition) is 7. The summed E-state index contributed by atoms with van der Waals surface area (Å²) < 4.78 is 24.9. The van der Waals surface area contributed by atoms with E-state index in [1.54, 1.807) is 38.8 Å². The minimum Gasteiger partial charge on any atom is -0.459 e. The van der Waals surface area contributed by atoms with E-state index in [0.29, 0.717) is 41.5 Å². The third kappa shape index (κ3) is 7.55. The number of rotatable bonds is 8. The zero-order valence-electron chi connectivity index (χ0n) is 22.3. The minimum atomic E-state index is -0.562. The van der Waals surface area contributed by atoms with Gasteiger partial charge in [0.1, 0.15) is 22.8 Å². The summed E-state index contributed by atoms with van der Waals surface area (Å²) in [6, 6.07) is 3.48. The van der Waals surface area contributed by atoms with Gasteiger partial charge < -0.3 is 30.0 Å². The number of benzene rings is 1. The average molecular weight is 515 g/mol. The number of alkyl carbamates (subject to hydrolysis) is 1.